The summed E-state index contributed by atoms with van der Waals surface area (Å²) in [6, 6.07) is 7.75. The van der Waals surface area contributed by atoms with Gasteiger partial charge in [-0.05, 0) is 69.5 Å². The second-order valence-corrected chi connectivity index (χ2v) is 7.85. The van der Waals surface area contributed by atoms with E-state index in [0.29, 0.717) is 18.3 Å². The van der Waals surface area contributed by atoms with Gasteiger partial charge in [0, 0.05) is 11.7 Å². The van der Waals surface area contributed by atoms with Gasteiger partial charge in [0.2, 0.25) is 0 Å². The second-order valence-electron chi connectivity index (χ2n) is 7.85. The fourth-order valence-electron chi connectivity index (χ4n) is 4.54. The van der Waals surface area contributed by atoms with Gasteiger partial charge in [-0.15, -0.1) is 0 Å². The third kappa shape index (κ3) is 5.16. The third-order valence-corrected chi connectivity index (χ3v) is 5.96. The second kappa shape index (κ2) is 9.98. The van der Waals surface area contributed by atoms with Gasteiger partial charge < -0.3 is 19.5 Å². The normalized spacial score (nSPS) is 23.7. The van der Waals surface area contributed by atoms with E-state index < -0.39 is 6.09 Å². The van der Waals surface area contributed by atoms with Crippen LogP contribution in [0.25, 0.3) is 0 Å². The number of amides is 1. The summed E-state index contributed by atoms with van der Waals surface area (Å²) in [5, 5.41) is 12.1. The van der Waals surface area contributed by atoms with Crippen LogP contribution in [0.4, 0.5) is 10.5 Å². The first-order chi connectivity index (χ1) is 13.2. The Morgan fingerprint density at radius 1 is 1.11 bits per heavy atom. The first-order valence-electron chi connectivity index (χ1n) is 10.7. The van der Waals surface area contributed by atoms with E-state index in [-0.39, 0.29) is 6.04 Å². The molecule has 2 atom stereocenters. The number of likely N-dealkylation sites (tertiary alicyclic amines) is 1. The fraction of sp³-hybridized carbons (Fsp3) is 0.682. The monoisotopic (exact) mass is 373 g/mol. The molecule has 0 radical (unpaired) electrons. The van der Waals surface area contributed by atoms with E-state index >= 15 is 0 Å². The quantitative estimate of drug-likeness (QED) is 0.682. The highest BCUT2D eigenvalue weighted by Crippen LogP contribution is 2.32. The summed E-state index contributed by atoms with van der Waals surface area (Å²) in [6.45, 7) is 5.01. The number of carbonyl (C=O) groups excluding carboxylic acids is 1. The minimum absolute atomic E-state index is 0.0197. The van der Waals surface area contributed by atoms with Gasteiger partial charge in [0.25, 0.3) is 0 Å². The highest BCUT2D eigenvalue weighted by molar-refractivity contribution is 5.85. The van der Waals surface area contributed by atoms with Crippen molar-refractivity contribution >= 4 is 11.8 Å². The van der Waals surface area contributed by atoms with Gasteiger partial charge in [-0.25, -0.2) is 0 Å². The first kappa shape index (κ1) is 20.0. The summed E-state index contributed by atoms with van der Waals surface area (Å²) < 4.78 is 5.71. The zero-order valence-electron chi connectivity index (χ0n) is 16.6. The Hall–Kier alpha value is -1.75. The summed E-state index contributed by atoms with van der Waals surface area (Å²) in [5.74, 6) is 0.793. The van der Waals surface area contributed by atoms with E-state index in [1.807, 2.05) is 24.3 Å². The number of rotatable bonds is 7. The number of ether oxygens (including phenoxy) is 1. The Balaban J connectivity index is 1.75. The smallest absolute Gasteiger partial charge is 0.141 e. The zero-order valence-corrected chi connectivity index (χ0v) is 16.6. The average molecular weight is 374 g/mol. The molecular formula is C22H33N2O3-. The molecule has 1 saturated heterocycles. The van der Waals surface area contributed by atoms with E-state index in [0.717, 1.165) is 50.9 Å². The van der Waals surface area contributed by atoms with E-state index in [2.05, 4.69) is 11.8 Å². The lowest BCUT2D eigenvalue weighted by molar-refractivity contribution is -0.247. The molecular weight excluding hydrogens is 340 g/mol. The minimum Gasteiger partial charge on any atom is -0.530 e. The number of anilines is 1. The Bertz CT molecular complexity index is 584. The van der Waals surface area contributed by atoms with Crippen LogP contribution in [0.3, 0.4) is 0 Å². The summed E-state index contributed by atoms with van der Waals surface area (Å²) in [6.07, 6.45) is 9.00. The molecule has 1 heterocycles. The molecule has 0 N–H and O–H groups in total. The number of carboxylic acid groups (broad SMARTS) is 1. The molecule has 150 valence electrons. The Morgan fingerprint density at radius 2 is 1.81 bits per heavy atom. The number of unbranched alkanes of at least 4 members (excludes halogenated alkanes) is 1. The van der Waals surface area contributed by atoms with Crippen molar-refractivity contribution in [3.05, 3.63) is 24.3 Å². The van der Waals surface area contributed by atoms with E-state index in [4.69, 9.17) is 4.74 Å². The molecule has 5 heteroatoms. The molecule has 1 aliphatic heterocycles. The Kier molecular flexibility index (Phi) is 7.39. The van der Waals surface area contributed by atoms with Gasteiger partial charge in [0.1, 0.15) is 11.8 Å². The van der Waals surface area contributed by atoms with E-state index in [1.165, 1.54) is 30.6 Å². The summed E-state index contributed by atoms with van der Waals surface area (Å²) in [5.41, 5.74) is 0.701. The van der Waals surface area contributed by atoms with E-state index in [1.54, 1.807) is 0 Å². The first-order valence-corrected chi connectivity index (χ1v) is 10.7. The van der Waals surface area contributed by atoms with Gasteiger partial charge >= 0.3 is 0 Å². The van der Waals surface area contributed by atoms with Crippen molar-refractivity contribution in [2.45, 2.75) is 76.8 Å². The highest BCUT2D eigenvalue weighted by Gasteiger charge is 2.35. The number of nitrogens with zero attached hydrogens (tertiary/aromatic N) is 2. The topological polar surface area (TPSA) is 55.8 Å². The van der Waals surface area contributed by atoms with Gasteiger partial charge in [-0.2, -0.15) is 0 Å². The van der Waals surface area contributed by atoms with Crippen LogP contribution in [-0.2, 0) is 0 Å². The van der Waals surface area contributed by atoms with Crippen LogP contribution < -0.4 is 14.7 Å². The van der Waals surface area contributed by atoms with Crippen molar-refractivity contribution in [1.82, 2.24) is 4.90 Å². The fourth-order valence-corrected chi connectivity index (χ4v) is 4.54. The van der Waals surface area contributed by atoms with Crippen molar-refractivity contribution < 1.29 is 14.6 Å². The number of hydrogen-bond donors (Lipinski definition) is 0. The predicted molar refractivity (Wildman–Crippen MR) is 106 cm³/mol. The van der Waals surface area contributed by atoms with Crippen LogP contribution in [-0.4, -0.2) is 42.8 Å². The lowest BCUT2D eigenvalue weighted by atomic mass is 9.86. The molecule has 1 aliphatic carbocycles. The molecule has 1 aromatic carbocycles. The number of carbonyl (C=O) groups is 1. The Morgan fingerprint density at radius 3 is 2.48 bits per heavy atom. The van der Waals surface area contributed by atoms with Crippen molar-refractivity contribution in [3.63, 3.8) is 0 Å². The standard InChI is InChI=1S/C22H34N2O3/c1-2-3-17-27-19-13-11-18(12-14-19)24(22(25)26)21-10-6-5-9-20(21)23-15-7-4-8-16-23/h11-14,20-21H,2-10,15-17H2,1H3,(H,25,26)/p-1/t20-,21-/m1/s1. The van der Waals surface area contributed by atoms with Crippen LogP contribution in [0.2, 0.25) is 0 Å². The average Bonchev–Trinajstić information content (AvgIpc) is 2.70. The summed E-state index contributed by atoms with van der Waals surface area (Å²) in [7, 11) is 0. The van der Waals surface area contributed by atoms with Gasteiger partial charge in [-0.1, -0.05) is 32.6 Å². The maximum atomic E-state index is 12.1. The molecule has 2 aliphatic rings. The molecule has 1 amide bonds. The molecule has 0 unspecified atom stereocenters. The van der Waals surface area contributed by atoms with Gasteiger partial charge in [0.15, 0.2) is 0 Å². The lowest BCUT2D eigenvalue weighted by Gasteiger charge is -2.47. The summed E-state index contributed by atoms with van der Waals surface area (Å²) >= 11 is 0. The number of hydrogen-bond acceptors (Lipinski definition) is 4. The molecule has 3 rings (SSSR count). The largest absolute Gasteiger partial charge is 0.530 e. The van der Waals surface area contributed by atoms with Gasteiger partial charge in [0.05, 0.1) is 12.6 Å². The molecule has 0 bridgehead atoms. The van der Waals surface area contributed by atoms with Gasteiger partial charge in [-0.3, -0.25) is 4.90 Å². The maximum Gasteiger partial charge on any atom is 0.141 e. The van der Waals surface area contributed by atoms with Crippen LogP contribution >= 0.6 is 0 Å². The van der Waals surface area contributed by atoms with Crippen LogP contribution in [0, 0.1) is 0 Å². The predicted octanol–water partition coefficient (Wildman–Crippen LogP) is 3.81. The molecule has 1 aromatic rings. The number of piperidine rings is 1. The third-order valence-electron chi connectivity index (χ3n) is 5.96. The molecule has 0 aromatic heterocycles. The summed E-state index contributed by atoms with van der Waals surface area (Å²) in [4.78, 5) is 16.1. The van der Waals surface area contributed by atoms with Crippen molar-refractivity contribution in [2.24, 2.45) is 0 Å². The number of benzene rings is 1. The molecule has 2 fully saturated rings. The highest BCUT2D eigenvalue weighted by atomic mass is 16.5. The zero-order chi connectivity index (χ0) is 19.1. The SMILES string of the molecule is CCCCOc1ccc(N(C(=O)[O-])[C@@H]2CCCC[C@H]2N2CCCCC2)cc1. The van der Waals surface area contributed by atoms with Crippen molar-refractivity contribution in [2.75, 3.05) is 24.6 Å². The van der Waals surface area contributed by atoms with Crippen molar-refractivity contribution in [1.29, 1.82) is 0 Å². The van der Waals surface area contributed by atoms with Crippen LogP contribution in [0.5, 0.6) is 5.75 Å². The molecule has 1 saturated carbocycles. The van der Waals surface area contributed by atoms with Crippen LogP contribution in [0.15, 0.2) is 24.3 Å². The molecule has 27 heavy (non-hydrogen) atoms. The Labute approximate surface area is 163 Å². The molecule has 0 spiro atoms. The lowest BCUT2D eigenvalue weighted by Crippen LogP contribution is -2.59. The van der Waals surface area contributed by atoms with E-state index in [9.17, 15) is 9.90 Å². The van der Waals surface area contributed by atoms with Crippen molar-refractivity contribution in [3.8, 4) is 5.75 Å². The maximum absolute atomic E-state index is 12.1. The van der Waals surface area contributed by atoms with Crippen LogP contribution in [0.1, 0.15) is 64.7 Å². The molecule has 5 nitrogen and oxygen atoms in total. The minimum atomic E-state index is -1.09.